The highest BCUT2D eigenvalue weighted by Gasteiger charge is 2.04. The number of primary amides is 1. The molecular formula is C18H22N2O. The van der Waals surface area contributed by atoms with Crippen molar-refractivity contribution in [1.82, 2.24) is 5.32 Å². The van der Waals surface area contributed by atoms with E-state index in [0.29, 0.717) is 11.5 Å². The van der Waals surface area contributed by atoms with Gasteiger partial charge in [-0.1, -0.05) is 49.4 Å². The van der Waals surface area contributed by atoms with Crippen LogP contribution in [0.5, 0.6) is 0 Å². The van der Waals surface area contributed by atoms with Gasteiger partial charge in [-0.2, -0.15) is 0 Å². The number of carbonyl (C=O) groups is 1. The second kappa shape index (κ2) is 7.60. The topological polar surface area (TPSA) is 55.1 Å². The van der Waals surface area contributed by atoms with Gasteiger partial charge in [0.15, 0.2) is 0 Å². The third kappa shape index (κ3) is 4.72. The fourth-order valence-corrected chi connectivity index (χ4v) is 2.33. The molecule has 1 unspecified atom stereocenters. The van der Waals surface area contributed by atoms with Crippen LogP contribution in [0.4, 0.5) is 0 Å². The fraction of sp³-hybridized carbons (Fsp3) is 0.278. The zero-order valence-electron chi connectivity index (χ0n) is 12.4. The maximum absolute atomic E-state index is 11.1. The molecule has 3 nitrogen and oxygen atoms in total. The molecule has 1 amide bonds. The number of nitrogens with two attached hydrogens (primary N) is 1. The van der Waals surface area contributed by atoms with Crippen molar-refractivity contribution in [3.63, 3.8) is 0 Å². The van der Waals surface area contributed by atoms with Crippen LogP contribution in [0.2, 0.25) is 0 Å². The number of carbonyl (C=O) groups excluding carboxylic acids is 1. The molecule has 1 atom stereocenters. The summed E-state index contributed by atoms with van der Waals surface area (Å²) in [7, 11) is 0. The molecule has 0 spiro atoms. The number of hydrogen-bond acceptors (Lipinski definition) is 2. The molecule has 21 heavy (non-hydrogen) atoms. The Hall–Kier alpha value is -2.13. The highest BCUT2D eigenvalue weighted by molar-refractivity contribution is 5.92. The van der Waals surface area contributed by atoms with E-state index < -0.39 is 0 Å². The molecule has 0 saturated carbocycles. The summed E-state index contributed by atoms with van der Waals surface area (Å²) in [5.41, 5.74) is 8.30. The predicted molar refractivity (Wildman–Crippen MR) is 86.1 cm³/mol. The SMILES string of the molecule is CC(CCNCc1cccc(C(N)=O)c1)c1ccccc1. The predicted octanol–water partition coefficient (Wildman–Crippen LogP) is 3.07. The summed E-state index contributed by atoms with van der Waals surface area (Å²) in [4.78, 5) is 11.1. The summed E-state index contributed by atoms with van der Waals surface area (Å²) in [6, 6.07) is 18.0. The lowest BCUT2D eigenvalue weighted by atomic mass is 9.98. The molecule has 2 aromatic rings. The van der Waals surface area contributed by atoms with Gasteiger partial charge in [-0.15, -0.1) is 0 Å². The Labute approximate surface area is 126 Å². The maximum Gasteiger partial charge on any atom is 0.248 e. The molecular weight excluding hydrogens is 260 g/mol. The molecule has 0 radical (unpaired) electrons. The van der Waals surface area contributed by atoms with E-state index in [9.17, 15) is 4.79 Å². The summed E-state index contributed by atoms with van der Waals surface area (Å²) in [6.07, 6.45) is 1.08. The molecule has 3 heteroatoms. The largest absolute Gasteiger partial charge is 0.366 e. The minimum Gasteiger partial charge on any atom is -0.366 e. The zero-order valence-corrected chi connectivity index (χ0v) is 12.4. The van der Waals surface area contributed by atoms with Gasteiger partial charge in [0.1, 0.15) is 0 Å². The fourth-order valence-electron chi connectivity index (χ4n) is 2.33. The summed E-state index contributed by atoms with van der Waals surface area (Å²) in [5.74, 6) is 0.158. The van der Waals surface area contributed by atoms with E-state index in [2.05, 4.69) is 36.5 Å². The number of amides is 1. The summed E-state index contributed by atoms with van der Waals surface area (Å²) in [6.45, 7) is 3.93. The molecule has 0 aliphatic heterocycles. The third-order valence-corrected chi connectivity index (χ3v) is 3.66. The third-order valence-electron chi connectivity index (χ3n) is 3.66. The van der Waals surface area contributed by atoms with Crippen molar-refractivity contribution in [3.8, 4) is 0 Å². The molecule has 0 heterocycles. The number of nitrogens with one attached hydrogen (secondary N) is 1. The van der Waals surface area contributed by atoms with E-state index in [1.807, 2.05) is 24.3 Å². The van der Waals surface area contributed by atoms with Crippen LogP contribution in [0, 0.1) is 0 Å². The summed E-state index contributed by atoms with van der Waals surface area (Å²) >= 11 is 0. The van der Waals surface area contributed by atoms with Gasteiger partial charge in [-0.05, 0) is 42.1 Å². The second-order valence-corrected chi connectivity index (χ2v) is 5.34. The lowest BCUT2D eigenvalue weighted by molar-refractivity contribution is 0.1000. The quantitative estimate of drug-likeness (QED) is 0.767. The van der Waals surface area contributed by atoms with Crippen LogP contribution in [-0.2, 0) is 6.54 Å². The van der Waals surface area contributed by atoms with Crippen molar-refractivity contribution in [2.75, 3.05) is 6.54 Å². The van der Waals surface area contributed by atoms with Crippen LogP contribution >= 0.6 is 0 Å². The van der Waals surface area contributed by atoms with Crippen molar-refractivity contribution in [3.05, 3.63) is 71.3 Å². The Bertz CT molecular complexity index is 581. The van der Waals surface area contributed by atoms with Gasteiger partial charge in [0.25, 0.3) is 0 Å². The van der Waals surface area contributed by atoms with Gasteiger partial charge in [-0.25, -0.2) is 0 Å². The molecule has 0 aliphatic rings. The smallest absolute Gasteiger partial charge is 0.248 e. The first-order valence-electron chi connectivity index (χ1n) is 7.31. The molecule has 2 aromatic carbocycles. The molecule has 0 saturated heterocycles. The van der Waals surface area contributed by atoms with E-state index in [1.54, 1.807) is 6.07 Å². The molecule has 3 N–H and O–H groups in total. The van der Waals surface area contributed by atoms with E-state index in [1.165, 1.54) is 5.56 Å². The Morgan fingerprint density at radius 1 is 1.14 bits per heavy atom. The molecule has 110 valence electrons. The minimum atomic E-state index is -0.380. The number of benzene rings is 2. The lowest BCUT2D eigenvalue weighted by Crippen LogP contribution is -2.17. The highest BCUT2D eigenvalue weighted by Crippen LogP contribution is 2.17. The normalized spacial score (nSPS) is 12.0. The Kier molecular flexibility index (Phi) is 5.52. The van der Waals surface area contributed by atoms with Gasteiger partial charge in [0.2, 0.25) is 5.91 Å². The minimum absolute atomic E-state index is 0.380. The van der Waals surface area contributed by atoms with E-state index in [4.69, 9.17) is 5.73 Å². The van der Waals surface area contributed by atoms with Crippen LogP contribution in [0.1, 0.15) is 40.7 Å². The van der Waals surface area contributed by atoms with Gasteiger partial charge in [-0.3, -0.25) is 4.79 Å². The molecule has 0 aliphatic carbocycles. The lowest BCUT2D eigenvalue weighted by Gasteiger charge is -2.12. The summed E-state index contributed by atoms with van der Waals surface area (Å²) in [5, 5.41) is 3.42. The standard InChI is InChI=1S/C18H22N2O/c1-14(16-7-3-2-4-8-16)10-11-20-13-15-6-5-9-17(12-15)18(19)21/h2-9,12,14,20H,10-11,13H2,1H3,(H2,19,21). The van der Waals surface area contributed by atoms with Crippen molar-refractivity contribution < 1.29 is 4.79 Å². The number of rotatable bonds is 7. The molecule has 0 aromatic heterocycles. The van der Waals surface area contributed by atoms with Crippen molar-refractivity contribution in [1.29, 1.82) is 0 Å². The maximum atomic E-state index is 11.1. The first kappa shape index (κ1) is 15.3. The highest BCUT2D eigenvalue weighted by atomic mass is 16.1. The molecule has 2 rings (SSSR count). The molecule has 0 bridgehead atoms. The summed E-state index contributed by atoms with van der Waals surface area (Å²) < 4.78 is 0. The first-order valence-corrected chi connectivity index (χ1v) is 7.31. The Morgan fingerprint density at radius 2 is 1.90 bits per heavy atom. The van der Waals surface area contributed by atoms with Gasteiger partial charge < -0.3 is 11.1 Å². The van der Waals surface area contributed by atoms with Gasteiger partial charge in [0, 0.05) is 12.1 Å². The second-order valence-electron chi connectivity index (χ2n) is 5.34. The van der Waals surface area contributed by atoms with E-state index in [-0.39, 0.29) is 5.91 Å². The van der Waals surface area contributed by atoms with Crippen LogP contribution in [0.15, 0.2) is 54.6 Å². The van der Waals surface area contributed by atoms with Crippen LogP contribution in [0.25, 0.3) is 0 Å². The van der Waals surface area contributed by atoms with E-state index >= 15 is 0 Å². The van der Waals surface area contributed by atoms with Crippen LogP contribution in [-0.4, -0.2) is 12.5 Å². The monoisotopic (exact) mass is 282 g/mol. The first-order chi connectivity index (χ1) is 10.2. The molecule has 0 fully saturated rings. The van der Waals surface area contributed by atoms with Crippen LogP contribution < -0.4 is 11.1 Å². The number of hydrogen-bond donors (Lipinski definition) is 2. The van der Waals surface area contributed by atoms with Gasteiger partial charge in [0.05, 0.1) is 0 Å². The van der Waals surface area contributed by atoms with Crippen molar-refractivity contribution >= 4 is 5.91 Å². The van der Waals surface area contributed by atoms with E-state index in [0.717, 1.165) is 25.1 Å². The average Bonchev–Trinajstić information content (AvgIpc) is 2.52. The van der Waals surface area contributed by atoms with Crippen molar-refractivity contribution in [2.45, 2.75) is 25.8 Å². The van der Waals surface area contributed by atoms with Crippen molar-refractivity contribution in [2.24, 2.45) is 5.73 Å². The van der Waals surface area contributed by atoms with Crippen LogP contribution in [0.3, 0.4) is 0 Å². The van der Waals surface area contributed by atoms with Gasteiger partial charge >= 0.3 is 0 Å². The Morgan fingerprint density at radius 3 is 2.62 bits per heavy atom. The zero-order chi connectivity index (χ0) is 15.1. The average molecular weight is 282 g/mol. The Balaban J connectivity index is 1.77.